The van der Waals surface area contributed by atoms with Crippen molar-refractivity contribution in [2.75, 3.05) is 0 Å². The fourth-order valence-corrected chi connectivity index (χ4v) is 1.23. The van der Waals surface area contributed by atoms with Gasteiger partial charge in [0.2, 0.25) is 0 Å². The molecule has 0 heterocycles. The molecular weight excluding hydrogens is 134 g/mol. The maximum atomic E-state index is 5.82. The molecule has 66 valence electrons. The molecule has 1 aliphatic carbocycles. The normalized spacial score (nSPS) is 35.9. The summed E-state index contributed by atoms with van der Waals surface area (Å²) in [5.41, 5.74) is 5.82. The summed E-state index contributed by atoms with van der Waals surface area (Å²) in [6.45, 7) is 8.38. The summed E-state index contributed by atoms with van der Waals surface area (Å²) in [6.07, 6.45) is 5.63. The van der Waals surface area contributed by atoms with E-state index in [9.17, 15) is 0 Å². The molecule has 0 spiro atoms. The number of nitrogens with two attached hydrogens (primary N) is 1. The summed E-state index contributed by atoms with van der Waals surface area (Å²) in [6, 6.07) is 0.394. The lowest BCUT2D eigenvalue weighted by atomic mass is 9.87. The lowest BCUT2D eigenvalue weighted by Crippen LogP contribution is -2.31. The van der Waals surface area contributed by atoms with Gasteiger partial charge >= 0.3 is 0 Å². The summed E-state index contributed by atoms with van der Waals surface area (Å²) in [5, 5.41) is 0. The van der Waals surface area contributed by atoms with E-state index in [2.05, 4.69) is 26.0 Å². The minimum Gasteiger partial charge on any atom is -0.327 e. The zero-order chi connectivity index (χ0) is 8.85. The molecule has 2 N–H and O–H groups in total. The molecule has 0 saturated carbocycles. The Kier molecular flexibility index (Phi) is 5.22. The average molecular weight is 155 g/mol. The molecule has 3 atom stereocenters. The van der Waals surface area contributed by atoms with E-state index in [0.717, 1.165) is 6.42 Å². The molecule has 1 nitrogen and oxygen atoms in total. The van der Waals surface area contributed by atoms with Crippen LogP contribution >= 0.6 is 0 Å². The van der Waals surface area contributed by atoms with Crippen molar-refractivity contribution in [1.82, 2.24) is 0 Å². The monoisotopic (exact) mass is 155 g/mol. The first-order valence-electron chi connectivity index (χ1n) is 4.64. The molecule has 0 fully saturated rings. The van der Waals surface area contributed by atoms with Crippen LogP contribution in [0.15, 0.2) is 12.2 Å². The van der Waals surface area contributed by atoms with Crippen molar-refractivity contribution < 1.29 is 0 Å². The maximum Gasteiger partial charge on any atom is 0.0105 e. The Balaban J connectivity index is 0.000000461. The Morgan fingerprint density at radius 2 is 1.73 bits per heavy atom. The molecule has 0 aromatic heterocycles. The minimum absolute atomic E-state index is 0.394. The first-order valence-corrected chi connectivity index (χ1v) is 4.64. The lowest BCUT2D eigenvalue weighted by Gasteiger charge is -2.23. The second-order valence-corrected chi connectivity index (χ2v) is 3.12. The van der Waals surface area contributed by atoms with Crippen LogP contribution in [0.3, 0.4) is 0 Å². The van der Waals surface area contributed by atoms with Gasteiger partial charge in [0.25, 0.3) is 0 Å². The van der Waals surface area contributed by atoms with Gasteiger partial charge in [0, 0.05) is 6.04 Å². The second kappa shape index (κ2) is 5.36. The Morgan fingerprint density at radius 3 is 2.09 bits per heavy atom. The zero-order valence-corrected chi connectivity index (χ0v) is 8.17. The Morgan fingerprint density at radius 1 is 1.18 bits per heavy atom. The molecule has 0 aromatic carbocycles. The van der Waals surface area contributed by atoms with E-state index in [4.69, 9.17) is 5.73 Å². The summed E-state index contributed by atoms with van der Waals surface area (Å²) >= 11 is 0. The van der Waals surface area contributed by atoms with Crippen LogP contribution < -0.4 is 5.73 Å². The molecule has 1 aliphatic rings. The van der Waals surface area contributed by atoms with Gasteiger partial charge in [0.15, 0.2) is 0 Å². The third-order valence-electron chi connectivity index (χ3n) is 2.06. The molecule has 0 bridgehead atoms. The van der Waals surface area contributed by atoms with E-state index in [1.807, 2.05) is 13.8 Å². The van der Waals surface area contributed by atoms with Crippen molar-refractivity contribution in [3.05, 3.63) is 12.2 Å². The molecule has 0 aliphatic heterocycles. The molecule has 0 amide bonds. The first kappa shape index (κ1) is 10.7. The summed E-state index contributed by atoms with van der Waals surface area (Å²) < 4.78 is 0. The van der Waals surface area contributed by atoms with E-state index >= 15 is 0 Å². The van der Waals surface area contributed by atoms with E-state index in [1.165, 1.54) is 0 Å². The van der Waals surface area contributed by atoms with E-state index in [0.29, 0.717) is 17.9 Å². The van der Waals surface area contributed by atoms with Crippen LogP contribution in [0.2, 0.25) is 0 Å². The molecule has 0 saturated heterocycles. The molecule has 1 heteroatoms. The SMILES string of the molecule is CC.CC1C=CC(C)C(N)C1. The summed E-state index contributed by atoms with van der Waals surface area (Å²) in [4.78, 5) is 0. The summed E-state index contributed by atoms with van der Waals surface area (Å²) in [5.74, 6) is 1.28. The quantitative estimate of drug-likeness (QED) is 0.535. The highest BCUT2D eigenvalue weighted by molar-refractivity contribution is 5.00. The van der Waals surface area contributed by atoms with E-state index in [-0.39, 0.29) is 0 Å². The molecule has 3 unspecified atom stereocenters. The van der Waals surface area contributed by atoms with Crippen molar-refractivity contribution in [1.29, 1.82) is 0 Å². The number of hydrogen-bond donors (Lipinski definition) is 1. The van der Waals surface area contributed by atoms with Crippen LogP contribution in [-0.4, -0.2) is 6.04 Å². The highest BCUT2D eigenvalue weighted by Gasteiger charge is 2.16. The predicted octanol–water partition coefficient (Wildman–Crippen LogP) is 2.57. The first-order chi connectivity index (χ1) is 5.20. The number of rotatable bonds is 0. The van der Waals surface area contributed by atoms with Gasteiger partial charge < -0.3 is 5.73 Å². The molecule has 0 radical (unpaired) electrons. The van der Waals surface area contributed by atoms with Crippen LogP contribution in [0.4, 0.5) is 0 Å². The minimum atomic E-state index is 0.394. The average Bonchev–Trinajstić information content (AvgIpc) is 2.02. The largest absolute Gasteiger partial charge is 0.327 e. The van der Waals surface area contributed by atoms with E-state index < -0.39 is 0 Å². The molecule has 1 rings (SSSR count). The third-order valence-corrected chi connectivity index (χ3v) is 2.06. The van der Waals surface area contributed by atoms with Crippen molar-refractivity contribution in [3.8, 4) is 0 Å². The van der Waals surface area contributed by atoms with Crippen LogP contribution in [0.1, 0.15) is 34.1 Å². The molecule has 0 aromatic rings. The highest BCUT2D eigenvalue weighted by Crippen LogP contribution is 2.19. The Hall–Kier alpha value is -0.300. The van der Waals surface area contributed by atoms with Crippen LogP contribution in [0.5, 0.6) is 0 Å². The van der Waals surface area contributed by atoms with Gasteiger partial charge in [-0.05, 0) is 18.3 Å². The fourth-order valence-electron chi connectivity index (χ4n) is 1.23. The Labute approximate surface area is 70.7 Å². The fraction of sp³-hybridized carbons (Fsp3) is 0.800. The molecule has 11 heavy (non-hydrogen) atoms. The maximum absolute atomic E-state index is 5.82. The van der Waals surface area contributed by atoms with Gasteiger partial charge in [-0.2, -0.15) is 0 Å². The predicted molar refractivity (Wildman–Crippen MR) is 51.4 cm³/mol. The zero-order valence-electron chi connectivity index (χ0n) is 8.17. The van der Waals surface area contributed by atoms with E-state index in [1.54, 1.807) is 0 Å². The summed E-state index contributed by atoms with van der Waals surface area (Å²) in [7, 11) is 0. The van der Waals surface area contributed by atoms with Crippen LogP contribution in [-0.2, 0) is 0 Å². The van der Waals surface area contributed by atoms with Crippen molar-refractivity contribution >= 4 is 0 Å². The number of hydrogen-bond acceptors (Lipinski definition) is 1. The van der Waals surface area contributed by atoms with Gasteiger partial charge in [-0.3, -0.25) is 0 Å². The van der Waals surface area contributed by atoms with Gasteiger partial charge in [-0.25, -0.2) is 0 Å². The standard InChI is InChI=1S/C8H15N.C2H6/c1-6-3-4-7(2)8(9)5-6;1-2/h3-4,6-8H,5,9H2,1-2H3;1-2H3. The van der Waals surface area contributed by atoms with Crippen molar-refractivity contribution in [2.45, 2.75) is 40.2 Å². The van der Waals surface area contributed by atoms with Crippen molar-refractivity contribution in [3.63, 3.8) is 0 Å². The second-order valence-electron chi connectivity index (χ2n) is 3.12. The van der Waals surface area contributed by atoms with Crippen LogP contribution in [0.25, 0.3) is 0 Å². The van der Waals surface area contributed by atoms with Gasteiger partial charge in [-0.1, -0.05) is 39.8 Å². The number of allylic oxidation sites excluding steroid dienone is 1. The van der Waals surface area contributed by atoms with Gasteiger partial charge in [0.1, 0.15) is 0 Å². The lowest BCUT2D eigenvalue weighted by molar-refractivity contribution is 0.428. The smallest absolute Gasteiger partial charge is 0.0105 e. The van der Waals surface area contributed by atoms with Crippen molar-refractivity contribution in [2.24, 2.45) is 17.6 Å². The topological polar surface area (TPSA) is 26.0 Å². The Bertz CT molecular complexity index is 118. The third kappa shape index (κ3) is 3.57. The van der Waals surface area contributed by atoms with Crippen LogP contribution in [0, 0.1) is 11.8 Å². The molecular formula is C10H21N. The van der Waals surface area contributed by atoms with Gasteiger partial charge in [0.05, 0.1) is 0 Å². The highest BCUT2D eigenvalue weighted by atomic mass is 14.6. The van der Waals surface area contributed by atoms with Gasteiger partial charge in [-0.15, -0.1) is 0 Å².